The Bertz CT molecular complexity index is 1200. The zero-order valence-corrected chi connectivity index (χ0v) is 16.3. The average Bonchev–Trinajstić information content (AvgIpc) is 2.73. The molecule has 0 fully saturated rings. The zero-order valence-electron chi connectivity index (χ0n) is 16.3. The number of rotatable bonds is 8. The highest BCUT2D eigenvalue weighted by Crippen LogP contribution is 2.22. The van der Waals surface area contributed by atoms with Crippen LogP contribution in [0.1, 0.15) is 24.4 Å². The quantitative estimate of drug-likeness (QED) is 0.514. The molecule has 1 amide bonds. The maximum Gasteiger partial charge on any atom is 0.328 e. The molecular formula is C21H21N3O6. The Kier molecular flexibility index (Phi) is 6.31. The lowest BCUT2D eigenvalue weighted by atomic mass is 10.0. The van der Waals surface area contributed by atoms with E-state index in [0.29, 0.717) is 22.2 Å². The van der Waals surface area contributed by atoms with E-state index >= 15 is 0 Å². The number of methoxy groups -OCH3 is 1. The number of carboxylic acids is 1. The molecule has 9 nitrogen and oxygen atoms in total. The van der Waals surface area contributed by atoms with Crippen LogP contribution in [0.5, 0.6) is 5.75 Å². The van der Waals surface area contributed by atoms with E-state index in [0.717, 1.165) is 0 Å². The van der Waals surface area contributed by atoms with Crippen LogP contribution in [-0.4, -0.2) is 33.6 Å². The van der Waals surface area contributed by atoms with Crippen molar-refractivity contribution >= 4 is 22.8 Å². The summed E-state index contributed by atoms with van der Waals surface area (Å²) in [4.78, 5) is 50.2. The number of carboxylic acid groups (broad SMARTS) is 1. The van der Waals surface area contributed by atoms with Crippen LogP contribution in [-0.2, 0) is 16.1 Å². The summed E-state index contributed by atoms with van der Waals surface area (Å²) in [5.74, 6) is -0.944. The highest BCUT2D eigenvalue weighted by molar-refractivity contribution is 5.79. The van der Waals surface area contributed by atoms with E-state index in [1.165, 1.54) is 11.7 Å². The monoisotopic (exact) mass is 411 g/mol. The number of H-pyrrole nitrogens is 1. The lowest BCUT2D eigenvalue weighted by Gasteiger charge is -2.18. The number of fused-ring (bicyclic) bond motifs is 1. The minimum atomic E-state index is -1.06. The van der Waals surface area contributed by atoms with E-state index in [1.54, 1.807) is 48.5 Å². The second-order valence-corrected chi connectivity index (χ2v) is 6.67. The molecule has 30 heavy (non-hydrogen) atoms. The van der Waals surface area contributed by atoms with Gasteiger partial charge in [0.25, 0.3) is 5.56 Å². The number of benzene rings is 2. The zero-order chi connectivity index (χ0) is 21.7. The fraction of sp³-hybridized carbons (Fsp3) is 0.238. The van der Waals surface area contributed by atoms with Crippen molar-refractivity contribution < 1.29 is 19.4 Å². The molecule has 0 spiro atoms. The fourth-order valence-corrected chi connectivity index (χ4v) is 3.23. The molecule has 156 valence electrons. The smallest absolute Gasteiger partial charge is 0.328 e. The molecule has 1 unspecified atom stereocenters. The van der Waals surface area contributed by atoms with Gasteiger partial charge in [-0.2, -0.15) is 0 Å². The maximum atomic E-state index is 12.5. The molecule has 0 radical (unpaired) electrons. The molecule has 1 aromatic heterocycles. The third-order valence-electron chi connectivity index (χ3n) is 4.68. The van der Waals surface area contributed by atoms with Gasteiger partial charge < -0.3 is 15.2 Å². The summed E-state index contributed by atoms with van der Waals surface area (Å²) in [5.41, 5.74) is -0.0806. The number of nitrogens with one attached hydrogen (secondary N) is 2. The number of hydrogen-bond donors (Lipinski definition) is 3. The number of carbonyl (C=O) groups is 2. The summed E-state index contributed by atoms with van der Waals surface area (Å²) in [6.07, 6.45) is -0.378. The van der Waals surface area contributed by atoms with Gasteiger partial charge in [0.05, 0.1) is 30.5 Å². The first-order valence-electron chi connectivity index (χ1n) is 9.26. The van der Waals surface area contributed by atoms with Crippen molar-refractivity contribution in [2.75, 3.05) is 7.11 Å². The molecule has 0 saturated carbocycles. The van der Waals surface area contributed by atoms with Crippen LogP contribution in [0.2, 0.25) is 0 Å². The minimum absolute atomic E-state index is 0.0276. The number of aliphatic carboxylic acids is 1. The normalized spacial score (nSPS) is 11.8. The number of aryl methyl sites for hydroxylation is 1. The van der Waals surface area contributed by atoms with Gasteiger partial charge in [0.1, 0.15) is 5.75 Å². The SMILES string of the molecule is COc1cccc(C(CC(=O)O)NC(=O)CCn2c(=O)[nH]c(=O)c3ccccc32)c1. The number of aromatic nitrogens is 2. The molecule has 2 aromatic carbocycles. The number of carbonyl (C=O) groups excluding carboxylic acids is 1. The Morgan fingerprint density at radius 1 is 1.17 bits per heavy atom. The second-order valence-electron chi connectivity index (χ2n) is 6.67. The van der Waals surface area contributed by atoms with Crippen molar-refractivity contribution in [3.8, 4) is 5.75 Å². The number of hydrogen-bond acceptors (Lipinski definition) is 5. The van der Waals surface area contributed by atoms with E-state index in [9.17, 15) is 24.3 Å². The summed E-state index contributed by atoms with van der Waals surface area (Å²) in [5, 5.41) is 12.3. The maximum absolute atomic E-state index is 12.5. The molecule has 3 N–H and O–H groups in total. The van der Waals surface area contributed by atoms with Crippen molar-refractivity contribution in [1.82, 2.24) is 14.9 Å². The molecule has 9 heteroatoms. The van der Waals surface area contributed by atoms with E-state index in [2.05, 4.69) is 10.3 Å². The standard InChI is InChI=1S/C21H21N3O6/c1-30-14-6-4-5-13(11-14)16(12-19(26)27)22-18(25)9-10-24-17-8-3-2-7-15(17)20(28)23-21(24)29/h2-8,11,16H,9-10,12H2,1H3,(H,22,25)(H,26,27)(H,23,28,29). The van der Waals surface area contributed by atoms with Crippen molar-refractivity contribution in [2.45, 2.75) is 25.4 Å². The third kappa shape index (κ3) is 4.75. The van der Waals surface area contributed by atoms with Gasteiger partial charge in [-0.15, -0.1) is 0 Å². The van der Waals surface area contributed by atoms with Crippen LogP contribution >= 0.6 is 0 Å². The number of amides is 1. The molecule has 0 aliphatic rings. The molecule has 3 aromatic rings. The summed E-state index contributed by atoms with van der Waals surface area (Å²) >= 11 is 0. The molecule has 0 aliphatic carbocycles. The van der Waals surface area contributed by atoms with Gasteiger partial charge in [0.2, 0.25) is 5.91 Å². The second kappa shape index (κ2) is 9.08. The highest BCUT2D eigenvalue weighted by atomic mass is 16.5. The summed E-state index contributed by atoms with van der Waals surface area (Å²) in [6, 6.07) is 12.6. The van der Waals surface area contributed by atoms with Gasteiger partial charge in [0, 0.05) is 13.0 Å². The first-order chi connectivity index (χ1) is 14.4. The number of nitrogens with zero attached hydrogens (tertiary/aromatic N) is 1. The predicted octanol–water partition coefficient (Wildman–Crippen LogP) is 1.42. The van der Waals surface area contributed by atoms with Crippen LogP contribution in [0.3, 0.4) is 0 Å². The van der Waals surface area contributed by atoms with Crippen LogP contribution < -0.4 is 21.3 Å². The highest BCUT2D eigenvalue weighted by Gasteiger charge is 2.19. The largest absolute Gasteiger partial charge is 0.497 e. The van der Waals surface area contributed by atoms with E-state index < -0.39 is 29.2 Å². The predicted molar refractivity (Wildman–Crippen MR) is 110 cm³/mol. The Labute approximate surface area is 170 Å². The molecule has 0 bridgehead atoms. The van der Waals surface area contributed by atoms with Crippen LogP contribution in [0.25, 0.3) is 10.9 Å². The fourth-order valence-electron chi connectivity index (χ4n) is 3.23. The van der Waals surface area contributed by atoms with Gasteiger partial charge in [-0.3, -0.25) is 23.9 Å². The van der Waals surface area contributed by atoms with Crippen molar-refractivity contribution in [2.24, 2.45) is 0 Å². The van der Waals surface area contributed by atoms with Crippen molar-refractivity contribution in [3.63, 3.8) is 0 Å². The number of para-hydroxylation sites is 1. The summed E-state index contributed by atoms with van der Waals surface area (Å²) < 4.78 is 6.47. The summed E-state index contributed by atoms with van der Waals surface area (Å²) in [6.45, 7) is 0.0276. The lowest BCUT2D eigenvalue weighted by molar-refractivity contribution is -0.137. The van der Waals surface area contributed by atoms with Crippen LogP contribution in [0, 0.1) is 0 Å². The van der Waals surface area contributed by atoms with Crippen molar-refractivity contribution in [3.05, 3.63) is 74.9 Å². The van der Waals surface area contributed by atoms with E-state index in [4.69, 9.17) is 4.74 Å². The molecule has 0 aliphatic heterocycles. The van der Waals surface area contributed by atoms with Gasteiger partial charge in [0.15, 0.2) is 0 Å². The Morgan fingerprint density at radius 3 is 2.67 bits per heavy atom. The van der Waals surface area contributed by atoms with Crippen LogP contribution in [0.4, 0.5) is 0 Å². The van der Waals surface area contributed by atoms with Crippen LogP contribution in [0.15, 0.2) is 58.1 Å². The Morgan fingerprint density at radius 2 is 1.93 bits per heavy atom. The van der Waals surface area contributed by atoms with Gasteiger partial charge in [-0.1, -0.05) is 24.3 Å². The van der Waals surface area contributed by atoms with Crippen molar-refractivity contribution in [1.29, 1.82) is 0 Å². The first-order valence-corrected chi connectivity index (χ1v) is 9.26. The number of aromatic amines is 1. The Hall–Kier alpha value is -3.88. The molecule has 1 heterocycles. The summed E-state index contributed by atoms with van der Waals surface area (Å²) in [7, 11) is 1.50. The molecule has 3 rings (SSSR count). The number of ether oxygens (including phenoxy) is 1. The van der Waals surface area contributed by atoms with E-state index in [-0.39, 0.29) is 19.4 Å². The Balaban J connectivity index is 1.78. The first kappa shape index (κ1) is 20.8. The topological polar surface area (TPSA) is 130 Å². The third-order valence-corrected chi connectivity index (χ3v) is 4.68. The van der Waals surface area contributed by atoms with E-state index in [1.807, 2.05) is 0 Å². The molecular weight excluding hydrogens is 390 g/mol. The minimum Gasteiger partial charge on any atom is -0.497 e. The molecule has 1 atom stereocenters. The lowest BCUT2D eigenvalue weighted by Crippen LogP contribution is -2.34. The van der Waals surface area contributed by atoms with Gasteiger partial charge in [-0.05, 0) is 29.8 Å². The molecule has 0 saturated heterocycles. The van der Waals surface area contributed by atoms with Gasteiger partial charge in [-0.25, -0.2) is 4.79 Å². The van der Waals surface area contributed by atoms with Gasteiger partial charge >= 0.3 is 11.7 Å². The average molecular weight is 411 g/mol.